The van der Waals surface area contributed by atoms with Crippen LogP contribution in [0.2, 0.25) is 0 Å². The molecule has 0 radical (unpaired) electrons. The fraction of sp³-hybridized carbons (Fsp3) is 0.556. The van der Waals surface area contributed by atoms with E-state index in [0.29, 0.717) is 5.56 Å². The van der Waals surface area contributed by atoms with Gasteiger partial charge >= 0.3 is 11.9 Å². The van der Waals surface area contributed by atoms with E-state index in [0.717, 1.165) is 38.5 Å². The van der Waals surface area contributed by atoms with E-state index in [1.165, 1.54) is 6.07 Å². The molecule has 0 aliphatic heterocycles. The number of unbranched alkanes of at least 4 members (excludes halogenated alkanes) is 1. The first-order valence-corrected chi connectivity index (χ1v) is 8.16. The second-order valence-corrected chi connectivity index (χ2v) is 6.00. The van der Waals surface area contributed by atoms with Crippen LogP contribution >= 0.6 is 0 Å². The maximum Gasteiger partial charge on any atom is 0.336 e. The fourth-order valence-corrected chi connectivity index (χ4v) is 2.96. The molecule has 2 unspecified atom stereocenters. The monoisotopic (exact) mass is 322 g/mol. The average Bonchev–Trinajstić information content (AvgIpc) is 2.49. The Kier molecular flexibility index (Phi) is 7.75. The molecule has 0 fully saturated rings. The van der Waals surface area contributed by atoms with E-state index >= 15 is 0 Å². The predicted octanol–water partition coefficient (Wildman–Crippen LogP) is 3.91. The maximum atomic E-state index is 11.6. The lowest BCUT2D eigenvalue weighted by Gasteiger charge is -2.20. The molecule has 0 aliphatic rings. The fourth-order valence-electron chi connectivity index (χ4n) is 2.96. The number of aliphatic hydroxyl groups is 1. The Morgan fingerprint density at radius 3 is 2.22 bits per heavy atom. The number of aliphatic hydroxyl groups excluding tert-OH is 1. The predicted molar refractivity (Wildman–Crippen MR) is 88.2 cm³/mol. The number of benzene rings is 1. The summed E-state index contributed by atoms with van der Waals surface area (Å²) in [5, 5.41) is 28.0. The molecular formula is C18H26O5. The number of hydrogen-bond acceptors (Lipinski definition) is 3. The van der Waals surface area contributed by atoms with Crippen LogP contribution in [0.4, 0.5) is 0 Å². The Morgan fingerprint density at radius 1 is 1.04 bits per heavy atom. The SMILES string of the molecule is CCCC(CCCCC(C)O)c1cccc(C(=O)O)c1C(=O)O. The van der Waals surface area contributed by atoms with Crippen molar-refractivity contribution in [2.45, 2.75) is 64.4 Å². The van der Waals surface area contributed by atoms with Gasteiger partial charge in [0.15, 0.2) is 0 Å². The third-order valence-corrected chi connectivity index (χ3v) is 4.04. The topological polar surface area (TPSA) is 94.8 Å². The second kappa shape index (κ2) is 9.30. The zero-order chi connectivity index (χ0) is 17.4. The second-order valence-electron chi connectivity index (χ2n) is 6.00. The molecule has 5 nitrogen and oxygen atoms in total. The minimum atomic E-state index is -1.21. The van der Waals surface area contributed by atoms with Crippen molar-refractivity contribution >= 4 is 11.9 Å². The summed E-state index contributed by atoms with van der Waals surface area (Å²) in [6.07, 6.45) is 4.66. The van der Waals surface area contributed by atoms with Crippen molar-refractivity contribution in [2.75, 3.05) is 0 Å². The summed E-state index contributed by atoms with van der Waals surface area (Å²) in [6.45, 7) is 3.78. The van der Waals surface area contributed by atoms with Crippen molar-refractivity contribution in [2.24, 2.45) is 0 Å². The zero-order valence-corrected chi connectivity index (χ0v) is 13.8. The molecule has 0 amide bonds. The standard InChI is InChI=1S/C18H26O5/c1-3-7-13(9-5-4-8-12(2)19)14-10-6-11-15(17(20)21)16(14)18(22)23/h6,10-13,19H,3-5,7-9H2,1-2H3,(H,20,21)(H,22,23). The lowest BCUT2D eigenvalue weighted by atomic mass is 9.84. The van der Waals surface area contributed by atoms with Gasteiger partial charge in [-0.2, -0.15) is 0 Å². The van der Waals surface area contributed by atoms with E-state index in [-0.39, 0.29) is 23.1 Å². The number of aromatic carboxylic acids is 2. The van der Waals surface area contributed by atoms with Gasteiger partial charge in [0, 0.05) is 0 Å². The van der Waals surface area contributed by atoms with Gasteiger partial charge in [-0.25, -0.2) is 9.59 Å². The van der Waals surface area contributed by atoms with Crippen LogP contribution in [0.25, 0.3) is 0 Å². The molecule has 23 heavy (non-hydrogen) atoms. The van der Waals surface area contributed by atoms with Crippen LogP contribution in [0.1, 0.15) is 84.6 Å². The minimum Gasteiger partial charge on any atom is -0.478 e. The average molecular weight is 322 g/mol. The number of carbonyl (C=O) groups is 2. The quantitative estimate of drug-likeness (QED) is 0.568. The molecule has 0 spiro atoms. The van der Waals surface area contributed by atoms with Crippen LogP contribution in [-0.4, -0.2) is 33.4 Å². The molecule has 0 saturated carbocycles. The maximum absolute atomic E-state index is 11.6. The summed E-state index contributed by atoms with van der Waals surface area (Å²) in [6, 6.07) is 4.68. The highest BCUT2D eigenvalue weighted by Crippen LogP contribution is 2.31. The van der Waals surface area contributed by atoms with Crippen LogP contribution in [-0.2, 0) is 0 Å². The van der Waals surface area contributed by atoms with Gasteiger partial charge in [-0.1, -0.05) is 38.3 Å². The van der Waals surface area contributed by atoms with Gasteiger partial charge in [0.25, 0.3) is 0 Å². The molecule has 1 aromatic rings. The van der Waals surface area contributed by atoms with Crippen LogP contribution < -0.4 is 0 Å². The van der Waals surface area contributed by atoms with Crippen LogP contribution in [0.15, 0.2) is 18.2 Å². The molecule has 1 rings (SSSR count). The van der Waals surface area contributed by atoms with E-state index in [1.54, 1.807) is 19.1 Å². The van der Waals surface area contributed by atoms with E-state index in [2.05, 4.69) is 0 Å². The molecule has 2 atom stereocenters. The smallest absolute Gasteiger partial charge is 0.336 e. The summed E-state index contributed by atoms with van der Waals surface area (Å²) in [4.78, 5) is 22.9. The Labute approximate surface area is 137 Å². The number of hydrogen-bond donors (Lipinski definition) is 3. The molecule has 0 saturated heterocycles. The van der Waals surface area contributed by atoms with Gasteiger partial charge in [0.05, 0.1) is 17.2 Å². The van der Waals surface area contributed by atoms with Crippen molar-refractivity contribution in [1.29, 1.82) is 0 Å². The first-order chi connectivity index (χ1) is 10.9. The number of rotatable bonds is 10. The van der Waals surface area contributed by atoms with Gasteiger partial charge in [0.2, 0.25) is 0 Å². The molecule has 5 heteroatoms. The normalized spacial score (nSPS) is 13.5. The highest BCUT2D eigenvalue weighted by molar-refractivity contribution is 6.02. The molecule has 0 aliphatic carbocycles. The first kappa shape index (κ1) is 19.2. The van der Waals surface area contributed by atoms with E-state index < -0.39 is 11.9 Å². The van der Waals surface area contributed by atoms with Crippen LogP contribution in [0, 0.1) is 0 Å². The van der Waals surface area contributed by atoms with E-state index in [4.69, 9.17) is 0 Å². The summed E-state index contributed by atoms with van der Waals surface area (Å²) >= 11 is 0. The van der Waals surface area contributed by atoms with Crippen LogP contribution in [0.3, 0.4) is 0 Å². The van der Waals surface area contributed by atoms with Gasteiger partial charge in [-0.05, 0) is 43.7 Å². The highest BCUT2D eigenvalue weighted by Gasteiger charge is 2.24. The highest BCUT2D eigenvalue weighted by atomic mass is 16.4. The van der Waals surface area contributed by atoms with Crippen molar-refractivity contribution in [3.8, 4) is 0 Å². The number of carboxylic acids is 2. The largest absolute Gasteiger partial charge is 0.478 e. The van der Waals surface area contributed by atoms with Crippen molar-refractivity contribution in [3.63, 3.8) is 0 Å². The van der Waals surface area contributed by atoms with Gasteiger partial charge < -0.3 is 15.3 Å². The Bertz CT molecular complexity index is 536. The van der Waals surface area contributed by atoms with Crippen LogP contribution in [0.5, 0.6) is 0 Å². The molecule has 128 valence electrons. The molecule has 1 aromatic carbocycles. The zero-order valence-electron chi connectivity index (χ0n) is 13.8. The summed E-state index contributed by atoms with van der Waals surface area (Å²) < 4.78 is 0. The summed E-state index contributed by atoms with van der Waals surface area (Å²) in [5.74, 6) is -2.38. The minimum absolute atomic E-state index is 0.0272. The van der Waals surface area contributed by atoms with E-state index in [1.807, 2.05) is 6.92 Å². The summed E-state index contributed by atoms with van der Waals surface area (Å²) in [5.41, 5.74) is 0.366. The summed E-state index contributed by atoms with van der Waals surface area (Å²) in [7, 11) is 0. The molecule has 3 N–H and O–H groups in total. The third-order valence-electron chi connectivity index (χ3n) is 4.04. The van der Waals surface area contributed by atoms with Crippen molar-refractivity contribution < 1.29 is 24.9 Å². The number of carboxylic acid groups (broad SMARTS) is 2. The molecule has 0 heterocycles. The van der Waals surface area contributed by atoms with Gasteiger partial charge in [0.1, 0.15) is 0 Å². The third kappa shape index (κ3) is 5.67. The molecule has 0 aromatic heterocycles. The van der Waals surface area contributed by atoms with E-state index in [9.17, 15) is 24.9 Å². The Balaban J connectivity index is 3.04. The lowest BCUT2D eigenvalue weighted by molar-refractivity contribution is 0.0650. The first-order valence-electron chi connectivity index (χ1n) is 8.16. The van der Waals surface area contributed by atoms with Crippen molar-refractivity contribution in [3.05, 3.63) is 34.9 Å². The Morgan fingerprint density at radius 2 is 1.70 bits per heavy atom. The lowest BCUT2D eigenvalue weighted by Crippen LogP contribution is -2.14. The van der Waals surface area contributed by atoms with Crippen molar-refractivity contribution in [1.82, 2.24) is 0 Å². The molecule has 0 bridgehead atoms. The van der Waals surface area contributed by atoms with Gasteiger partial charge in [-0.3, -0.25) is 0 Å². The van der Waals surface area contributed by atoms with Gasteiger partial charge in [-0.15, -0.1) is 0 Å². The Hall–Kier alpha value is -1.88. The molecular weight excluding hydrogens is 296 g/mol.